The first kappa shape index (κ1) is 13.5. The van der Waals surface area contributed by atoms with E-state index in [0.29, 0.717) is 16.6 Å². The Morgan fingerprint density at radius 3 is 2.67 bits per heavy atom. The Kier molecular flexibility index (Phi) is 3.10. The van der Waals surface area contributed by atoms with Gasteiger partial charge in [0.15, 0.2) is 9.84 Å². The molecular weight excluding hydrogens is 288 g/mol. The zero-order valence-corrected chi connectivity index (χ0v) is 12.0. The van der Waals surface area contributed by atoms with E-state index in [1.54, 1.807) is 42.6 Å². The van der Waals surface area contributed by atoms with Gasteiger partial charge in [-0.2, -0.15) is 0 Å². The topological polar surface area (TPSA) is 79.9 Å². The van der Waals surface area contributed by atoms with Gasteiger partial charge in [0.2, 0.25) is 5.56 Å². The van der Waals surface area contributed by atoms with E-state index >= 15 is 0 Å². The number of aromatic nitrogens is 2. The second-order valence-electron chi connectivity index (χ2n) is 4.74. The molecule has 5 nitrogen and oxygen atoms in total. The summed E-state index contributed by atoms with van der Waals surface area (Å²) in [6.45, 7) is 0. The minimum Gasteiger partial charge on any atom is -0.320 e. The summed E-state index contributed by atoms with van der Waals surface area (Å²) in [6.07, 6.45) is 2.79. The van der Waals surface area contributed by atoms with Crippen molar-refractivity contribution in [1.82, 2.24) is 9.97 Å². The van der Waals surface area contributed by atoms with Gasteiger partial charge in [-0.05, 0) is 29.8 Å². The lowest BCUT2D eigenvalue weighted by Crippen LogP contribution is -2.04. The maximum Gasteiger partial charge on any atom is 0.248 e. The minimum atomic E-state index is -3.28. The van der Waals surface area contributed by atoms with Crippen molar-refractivity contribution >= 4 is 20.9 Å². The number of hydrogen-bond donors (Lipinski definition) is 1. The summed E-state index contributed by atoms with van der Waals surface area (Å²) in [5.74, 6) is 0. The molecule has 2 heterocycles. The first-order valence-electron chi connectivity index (χ1n) is 6.24. The van der Waals surface area contributed by atoms with Crippen molar-refractivity contribution in [2.45, 2.75) is 4.90 Å². The fourth-order valence-electron chi connectivity index (χ4n) is 2.19. The largest absolute Gasteiger partial charge is 0.320 e. The molecule has 1 aromatic carbocycles. The molecule has 106 valence electrons. The molecule has 0 amide bonds. The van der Waals surface area contributed by atoms with Gasteiger partial charge in [0.25, 0.3) is 0 Å². The molecule has 0 aliphatic rings. The second kappa shape index (κ2) is 4.82. The molecule has 0 saturated carbocycles. The Balaban J connectivity index is 2.31. The van der Waals surface area contributed by atoms with E-state index in [2.05, 4.69) is 9.97 Å². The van der Waals surface area contributed by atoms with E-state index in [1.807, 2.05) is 0 Å². The van der Waals surface area contributed by atoms with Gasteiger partial charge >= 0.3 is 0 Å². The van der Waals surface area contributed by atoms with Crippen LogP contribution < -0.4 is 5.56 Å². The lowest BCUT2D eigenvalue weighted by molar-refractivity contribution is 0.602. The van der Waals surface area contributed by atoms with Gasteiger partial charge in [0.1, 0.15) is 0 Å². The van der Waals surface area contributed by atoms with Crippen molar-refractivity contribution in [2.24, 2.45) is 0 Å². The number of pyridine rings is 2. The fraction of sp³-hybridized carbons (Fsp3) is 0.0667. The standard InChI is InChI=1S/C15H12N2O3S/c1-21(19,20)11-4-2-3-10(9-11)12-7-8-16-13-5-6-14(18)17-15(12)13/h2-9H,1H3,(H,17,18). The van der Waals surface area contributed by atoms with E-state index < -0.39 is 9.84 Å². The summed E-state index contributed by atoms with van der Waals surface area (Å²) < 4.78 is 23.3. The Labute approximate surface area is 121 Å². The molecule has 0 spiro atoms. The van der Waals surface area contributed by atoms with Crippen molar-refractivity contribution in [1.29, 1.82) is 0 Å². The number of fused-ring (bicyclic) bond motifs is 1. The van der Waals surface area contributed by atoms with Gasteiger partial charge in [-0.1, -0.05) is 12.1 Å². The van der Waals surface area contributed by atoms with Crippen LogP contribution >= 0.6 is 0 Å². The Morgan fingerprint density at radius 1 is 1.10 bits per heavy atom. The van der Waals surface area contributed by atoms with Gasteiger partial charge in [-0.25, -0.2) is 8.42 Å². The summed E-state index contributed by atoms with van der Waals surface area (Å²) in [5, 5.41) is 0. The van der Waals surface area contributed by atoms with E-state index in [-0.39, 0.29) is 10.5 Å². The van der Waals surface area contributed by atoms with Crippen molar-refractivity contribution in [3.05, 3.63) is 59.0 Å². The number of nitrogens with one attached hydrogen (secondary N) is 1. The third-order valence-electron chi connectivity index (χ3n) is 3.19. The molecule has 2 aromatic heterocycles. The Bertz CT molecular complexity index is 991. The number of sulfone groups is 1. The molecule has 0 fully saturated rings. The van der Waals surface area contributed by atoms with Crippen LogP contribution in [0.15, 0.2) is 58.4 Å². The zero-order valence-electron chi connectivity index (χ0n) is 11.2. The summed E-state index contributed by atoms with van der Waals surface area (Å²) in [4.78, 5) is 18.7. The second-order valence-corrected chi connectivity index (χ2v) is 6.76. The zero-order chi connectivity index (χ0) is 15.0. The average Bonchev–Trinajstić information content (AvgIpc) is 2.46. The number of benzene rings is 1. The van der Waals surface area contributed by atoms with Crippen LogP contribution in [0.1, 0.15) is 0 Å². The normalized spacial score (nSPS) is 11.7. The van der Waals surface area contributed by atoms with Crippen molar-refractivity contribution in [3.63, 3.8) is 0 Å². The van der Waals surface area contributed by atoms with E-state index in [1.165, 1.54) is 12.3 Å². The van der Waals surface area contributed by atoms with Crippen LogP contribution in [-0.4, -0.2) is 24.6 Å². The van der Waals surface area contributed by atoms with Crippen LogP contribution in [0.5, 0.6) is 0 Å². The minimum absolute atomic E-state index is 0.226. The number of hydrogen-bond acceptors (Lipinski definition) is 4. The molecular formula is C15H12N2O3S. The number of aromatic amines is 1. The molecule has 1 N–H and O–H groups in total. The van der Waals surface area contributed by atoms with Crippen molar-refractivity contribution in [2.75, 3.05) is 6.26 Å². The first-order valence-corrected chi connectivity index (χ1v) is 8.13. The SMILES string of the molecule is CS(=O)(=O)c1cccc(-c2ccnc3ccc(=O)[nH]c23)c1. The molecule has 0 aliphatic heterocycles. The van der Waals surface area contributed by atoms with Crippen LogP contribution in [0.25, 0.3) is 22.2 Å². The molecule has 0 saturated heterocycles. The van der Waals surface area contributed by atoms with Crippen molar-refractivity contribution < 1.29 is 8.42 Å². The van der Waals surface area contributed by atoms with Gasteiger partial charge in [-0.3, -0.25) is 9.78 Å². The maximum atomic E-state index is 11.7. The lowest BCUT2D eigenvalue weighted by atomic mass is 10.1. The van der Waals surface area contributed by atoms with Gasteiger partial charge in [-0.15, -0.1) is 0 Å². The third-order valence-corrected chi connectivity index (χ3v) is 4.30. The van der Waals surface area contributed by atoms with Crippen LogP contribution in [0.4, 0.5) is 0 Å². The fourth-order valence-corrected chi connectivity index (χ4v) is 2.86. The van der Waals surface area contributed by atoms with Crippen molar-refractivity contribution in [3.8, 4) is 11.1 Å². The predicted molar refractivity (Wildman–Crippen MR) is 80.9 cm³/mol. The summed E-state index contributed by atoms with van der Waals surface area (Å²) >= 11 is 0. The number of nitrogens with zero attached hydrogens (tertiary/aromatic N) is 1. The van der Waals surface area contributed by atoms with Crippen LogP contribution in [0.3, 0.4) is 0 Å². The lowest BCUT2D eigenvalue weighted by Gasteiger charge is -2.07. The Hall–Kier alpha value is -2.47. The Morgan fingerprint density at radius 2 is 1.90 bits per heavy atom. The monoisotopic (exact) mass is 300 g/mol. The van der Waals surface area contributed by atoms with Crippen LogP contribution in [0.2, 0.25) is 0 Å². The molecule has 6 heteroatoms. The van der Waals surface area contributed by atoms with Crippen LogP contribution in [-0.2, 0) is 9.84 Å². The van der Waals surface area contributed by atoms with Gasteiger partial charge in [0.05, 0.1) is 15.9 Å². The number of rotatable bonds is 2. The maximum absolute atomic E-state index is 11.7. The predicted octanol–water partition coefficient (Wildman–Crippen LogP) is 1.99. The first-order chi connectivity index (χ1) is 9.95. The molecule has 0 atom stereocenters. The number of H-pyrrole nitrogens is 1. The van der Waals surface area contributed by atoms with E-state index in [0.717, 1.165) is 5.56 Å². The average molecular weight is 300 g/mol. The van der Waals surface area contributed by atoms with E-state index in [9.17, 15) is 13.2 Å². The van der Waals surface area contributed by atoms with Crippen LogP contribution in [0, 0.1) is 0 Å². The highest BCUT2D eigenvalue weighted by molar-refractivity contribution is 7.90. The molecule has 21 heavy (non-hydrogen) atoms. The summed E-state index contributed by atoms with van der Waals surface area (Å²) in [6, 6.07) is 11.4. The molecule has 3 rings (SSSR count). The van der Waals surface area contributed by atoms with Gasteiger partial charge < -0.3 is 4.98 Å². The highest BCUT2D eigenvalue weighted by Gasteiger charge is 2.10. The molecule has 3 aromatic rings. The molecule has 0 radical (unpaired) electrons. The quantitative estimate of drug-likeness (QED) is 0.785. The summed E-state index contributed by atoms with van der Waals surface area (Å²) in [5.41, 5.74) is 2.47. The smallest absolute Gasteiger partial charge is 0.248 e. The third kappa shape index (κ3) is 2.57. The molecule has 0 aliphatic carbocycles. The molecule has 0 bridgehead atoms. The van der Waals surface area contributed by atoms with Gasteiger partial charge in [0, 0.05) is 24.1 Å². The highest BCUT2D eigenvalue weighted by atomic mass is 32.2. The molecule has 0 unspecified atom stereocenters. The highest BCUT2D eigenvalue weighted by Crippen LogP contribution is 2.26. The van der Waals surface area contributed by atoms with E-state index in [4.69, 9.17) is 0 Å². The summed E-state index contributed by atoms with van der Waals surface area (Å²) in [7, 11) is -3.28.